The topological polar surface area (TPSA) is 67.6 Å². The number of imidazole rings is 1. The van der Waals surface area contributed by atoms with E-state index >= 15 is 0 Å². The second-order valence-electron chi connectivity index (χ2n) is 3.50. The van der Waals surface area contributed by atoms with Crippen LogP contribution in [0.3, 0.4) is 0 Å². The number of rotatable bonds is 1. The number of aromatic amines is 1. The first-order valence-electron chi connectivity index (χ1n) is 4.56. The lowest BCUT2D eigenvalue weighted by atomic mass is 10.2. The van der Waals surface area contributed by atoms with Crippen molar-refractivity contribution in [2.45, 2.75) is 19.1 Å². The lowest BCUT2D eigenvalue weighted by Gasteiger charge is -2.04. The van der Waals surface area contributed by atoms with Crippen molar-refractivity contribution < 1.29 is 13.2 Å². The zero-order chi connectivity index (χ0) is 11.9. The molecule has 0 aliphatic rings. The second kappa shape index (κ2) is 3.44. The molecule has 0 unspecified atom stereocenters. The average Bonchev–Trinajstić information content (AvgIpc) is 2.58. The van der Waals surface area contributed by atoms with Gasteiger partial charge in [-0.1, -0.05) is 0 Å². The highest BCUT2D eigenvalue weighted by Crippen LogP contribution is 2.30. The first-order chi connectivity index (χ1) is 7.38. The minimum Gasteiger partial charge on any atom is -0.339 e. The molecule has 2 rings (SSSR count). The molecular formula is C9H9F3N4. The van der Waals surface area contributed by atoms with Gasteiger partial charge in [0, 0.05) is 6.20 Å². The summed E-state index contributed by atoms with van der Waals surface area (Å²) in [5, 5.41) is 0. The van der Waals surface area contributed by atoms with Crippen molar-refractivity contribution in [2.24, 2.45) is 5.73 Å². The van der Waals surface area contributed by atoms with Crippen molar-refractivity contribution in [2.75, 3.05) is 0 Å². The van der Waals surface area contributed by atoms with E-state index < -0.39 is 11.7 Å². The molecule has 2 heterocycles. The third-order valence-electron chi connectivity index (χ3n) is 2.11. The van der Waals surface area contributed by atoms with Gasteiger partial charge in [0.15, 0.2) is 5.65 Å². The lowest BCUT2D eigenvalue weighted by molar-refractivity contribution is -0.137. The maximum atomic E-state index is 12.4. The normalized spacial score (nSPS) is 14.3. The average molecular weight is 230 g/mol. The van der Waals surface area contributed by atoms with E-state index in [1.54, 1.807) is 6.92 Å². The van der Waals surface area contributed by atoms with Crippen LogP contribution in [0.15, 0.2) is 12.3 Å². The summed E-state index contributed by atoms with van der Waals surface area (Å²) in [6.07, 6.45) is -3.64. The van der Waals surface area contributed by atoms with Crippen LogP contribution in [-0.4, -0.2) is 15.0 Å². The van der Waals surface area contributed by atoms with Crippen molar-refractivity contribution in [1.29, 1.82) is 0 Å². The smallest absolute Gasteiger partial charge is 0.339 e. The van der Waals surface area contributed by atoms with Crippen molar-refractivity contribution >= 4 is 11.2 Å². The number of halogens is 3. The molecule has 16 heavy (non-hydrogen) atoms. The van der Waals surface area contributed by atoms with Crippen LogP contribution in [0.1, 0.15) is 24.4 Å². The summed E-state index contributed by atoms with van der Waals surface area (Å²) in [4.78, 5) is 10.3. The summed E-state index contributed by atoms with van der Waals surface area (Å²) in [5.74, 6) is 0.418. The Morgan fingerprint density at radius 1 is 1.44 bits per heavy atom. The molecule has 0 aliphatic heterocycles. The van der Waals surface area contributed by atoms with Gasteiger partial charge < -0.3 is 10.7 Å². The molecule has 7 heteroatoms. The van der Waals surface area contributed by atoms with Crippen LogP contribution in [0.2, 0.25) is 0 Å². The van der Waals surface area contributed by atoms with Crippen molar-refractivity contribution in [3.8, 4) is 0 Å². The molecule has 0 aromatic carbocycles. The van der Waals surface area contributed by atoms with Crippen molar-refractivity contribution in [3.63, 3.8) is 0 Å². The van der Waals surface area contributed by atoms with E-state index in [2.05, 4.69) is 15.0 Å². The van der Waals surface area contributed by atoms with E-state index in [4.69, 9.17) is 5.73 Å². The molecule has 86 valence electrons. The molecule has 3 N–H and O–H groups in total. The second-order valence-corrected chi connectivity index (χ2v) is 3.50. The van der Waals surface area contributed by atoms with Gasteiger partial charge in [0.1, 0.15) is 5.82 Å². The SMILES string of the molecule is C[C@@H](N)c1nc2ncc(C(F)(F)F)cc2[nH]1. The highest BCUT2D eigenvalue weighted by Gasteiger charge is 2.31. The minimum atomic E-state index is -4.40. The monoisotopic (exact) mass is 230 g/mol. The Balaban J connectivity index is 2.54. The Hall–Kier alpha value is -1.63. The molecular weight excluding hydrogens is 221 g/mol. The molecule has 1 atom stereocenters. The highest BCUT2D eigenvalue weighted by atomic mass is 19.4. The highest BCUT2D eigenvalue weighted by molar-refractivity contribution is 5.71. The van der Waals surface area contributed by atoms with E-state index in [1.807, 2.05) is 0 Å². The van der Waals surface area contributed by atoms with Crippen LogP contribution in [-0.2, 0) is 6.18 Å². The van der Waals surface area contributed by atoms with Crippen LogP contribution in [0.4, 0.5) is 13.2 Å². The van der Waals surface area contributed by atoms with Gasteiger partial charge in [-0.25, -0.2) is 9.97 Å². The Labute approximate surface area is 88.7 Å². The lowest BCUT2D eigenvalue weighted by Crippen LogP contribution is -2.06. The van der Waals surface area contributed by atoms with Crippen LogP contribution in [0.5, 0.6) is 0 Å². The van der Waals surface area contributed by atoms with E-state index in [0.29, 0.717) is 5.82 Å². The third kappa shape index (κ3) is 1.85. The van der Waals surface area contributed by atoms with Gasteiger partial charge >= 0.3 is 6.18 Å². The molecule has 0 bridgehead atoms. The van der Waals surface area contributed by atoms with Crippen molar-refractivity contribution in [3.05, 3.63) is 23.7 Å². The van der Waals surface area contributed by atoms with E-state index in [1.165, 1.54) is 0 Å². The molecule has 0 radical (unpaired) electrons. The summed E-state index contributed by atoms with van der Waals surface area (Å²) in [7, 11) is 0. The number of hydrogen-bond donors (Lipinski definition) is 2. The molecule has 0 spiro atoms. The molecule has 0 fully saturated rings. The quantitative estimate of drug-likeness (QED) is 0.787. The molecule has 0 amide bonds. The number of nitrogens with one attached hydrogen (secondary N) is 1. The van der Waals surface area contributed by atoms with E-state index in [0.717, 1.165) is 12.3 Å². The van der Waals surface area contributed by atoms with Crippen LogP contribution >= 0.6 is 0 Å². The molecule has 2 aromatic rings. The van der Waals surface area contributed by atoms with Gasteiger partial charge in [-0.3, -0.25) is 0 Å². The maximum Gasteiger partial charge on any atom is 0.417 e. The number of fused-ring (bicyclic) bond motifs is 1. The van der Waals surface area contributed by atoms with E-state index in [-0.39, 0.29) is 17.2 Å². The number of hydrogen-bond acceptors (Lipinski definition) is 3. The summed E-state index contributed by atoms with van der Waals surface area (Å²) in [5.41, 5.74) is 5.23. The molecule has 2 aromatic heterocycles. The predicted octanol–water partition coefficient (Wildman–Crippen LogP) is 2.00. The maximum absolute atomic E-state index is 12.4. The number of pyridine rings is 1. The fourth-order valence-electron chi connectivity index (χ4n) is 1.29. The number of aromatic nitrogens is 3. The standard InChI is InChI=1S/C9H9F3N4/c1-4(13)7-15-6-2-5(9(10,11)12)3-14-8(6)16-7/h2-4H,13H2,1H3,(H,14,15,16)/t4-/m1/s1. The van der Waals surface area contributed by atoms with Crippen molar-refractivity contribution in [1.82, 2.24) is 15.0 Å². The Kier molecular flexibility index (Phi) is 2.34. The third-order valence-corrected chi connectivity index (χ3v) is 2.11. The fraction of sp³-hybridized carbons (Fsp3) is 0.333. The zero-order valence-corrected chi connectivity index (χ0v) is 8.34. The summed E-state index contributed by atoms with van der Waals surface area (Å²) >= 11 is 0. The Bertz CT molecular complexity index is 515. The summed E-state index contributed by atoms with van der Waals surface area (Å²) < 4.78 is 37.1. The van der Waals surface area contributed by atoms with Crippen LogP contribution in [0, 0.1) is 0 Å². The number of nitrogens with zero attached hydrogens (tertiary/aromatic N) is 2. The molecule has 4 nitrogen and oxygen atoms in total. The Morgan fingerprint density at radius 2 is 2.12 bits per heavy atom. The molecule has 0 aliphatic carbocycles. The predicted molar refractivity (Wildman–Crippen MR) is 51.5 cm³/mol. The Morgan fingerprint density at radius 3 is 2.69 bits per heavy atom. The van der Waals surface area contributed by atoms with Crippen LogP contribution < -0.4 is 5.73 Å². The zero-order valence-electron chi connectivity index (χ0n) is 8.34. The number of alkyl halides is 3. The number of nitrogens with two attached hydrogens (primary N) is 1. The van der Waals surface area contributed by atoms with Gasteiger partial charge in [0.25, 0.3) is 0 Å². The van der Waals surface area contributed by atoms with Gasteiger partial charge in [-0.2, -0.15) is 13.2 Å². The van der Waals surface area contributed by atoms with Crippen LogP contribution in [0.25, 0.3) is 11.2 Å². The summed E-state index contributed by atoms with van der Waals surface area (Å²) in [6.45, 7) is 1.68. The van der Waals surface area contributed by atoms with Gasteiger partial charge in [0.2, 0.25) is 0 Å². The summed E-state index contributed by atoms with van der Waals surface area (Å²) in [6, 6.07) is 0.602. The number of H-pyrrole nitrogens is 1. The van der Waals surface area contributed by atoms with Gasteiger partial charge in [-0.05, 0) is 13.0 Å². The van der Waals surface area contributed by atoms with Gasteiger partial charge in [0.05, 0.1) is 17.1 Å². The first kappa shape index (κ1) is 10.9. The van der Waals surface area contributed by atoms with Gasteiger partial charge in [-0.15, -0.1) is 0 Å². The largest absolute Gasteiger partial charge is 0.417 e. The molecule has 0 saturated heterocycles. The molecule has 0 saturated carbocycles. The van der Waals surface area contributed by atoms with E-state index in [9.17, 15) is 13.2 Å². The first-order valence-corrected chi connectivity index (χ1v) is 4.56. The fourth-order valence-corrected chi connectivity index (χ4v) is 1.29. The minimum absolute atomic E-state index is 0.236.